The first-order valence-electron chi connectivity index (χ1n) is 12.3. The fourth-order valence-electron chi connectivity index (χ4n) is 5.39. The van der Waals surface area contributed by atoms with Gasteiger partial charge in [0, 0.05) is 0 Å². The molecule has 0 radical (unpaired) electrons. The summed E-state index contributed by atoms with van der Waals surface area (Å²) in [6.45, 7) is -1.12. The molecule has 13 heteroatoms. The van der Waals surface area contributed by atoms with E-state index < -0.39 is 60.7 Å². The lowest BCUT2D eigenvalue weighted by molar-refractivity contribution is -0.277. The van der Waals surface area contributed by atoms with E-state index in [4.69, 9.17) is 28.4 Å². The molecule has 0 bridgehead atoms. The molecule has 3 fully saturated rings. The number of phenolic OH excluding ortho intramolecular Hbond substituents is 1. The van der Waals surface area contributed by atoms with E-state index in [1.807, 2.05) is 0 Å². The van der Waals surface area contributed by atoms with Gasteiger partial charge in [-0.2, -0.15) is 0 Å². The summed E-state index contributed by atoms with van der Waals surface area (Å²) >= 11 is 0. The van der Waals surface area contributed by atoms with E-state index >= 15 is 0 Å². The van der Waals surface area contributed by atoms with Crippen LogP contribution in [-0.2, 0) is 14.2 Å². The first kappa shape index (κ1) is 27.8. The molecular formula is C26H32O13. The van der Waals surface area contributed by atoms with Crippen molar-refractivity contribution in [2.75, 3.05) is 34.0 Å². The Morgan fingerprint density at radius 3 is 1.92 bits per heavy atom. The molecule has 3 aliphatic heterocycles. The minimum absolute atomic E-state index is 0.0832. The van der Waals surface area contributed by atoms with Crippen molar-refractivity contribution >= 4 is 0 Å². The summed E-state index contributed by atoms with van der Waals surface area (Å²) in [6, 6.07) is 9.04. The summed E-state index contributed by atoms with van der Waals surface area (Å²) in [4.78, 5) is 0. The van der Waals surface area contributed by atoms with Gasteiger partial charge in [0.15, 0.2) is 34.2 Å². The molecule has 3 saturated heterocycles. The molecule has 214 valence electrons. The van der Waals surface area contributed by atoms with Crippen LogP contribution >= 0.6 is 0 Å². The monoisotopic (exact) mass is 552 g/mol. The van der Waals surface area contributed by atoms with Crippen molar-refractivity contribution in [3.05, 3.63) is 47.5 Å². The SMILES string of the molecule is COc1cc([C@@H]2OC[C@@]3(O)[C@@H](c4ccc(O[C@H]5O[C@H](CO)[C@@H](O)[C@H](O)[C@H]5O)c(OC)c4)OC[C@@]23O)ccc1O. The predicted molar refractivity (Wildman–Crippen MR) is 129 cm³/mol. The zero-order valence-corrected chi connectivity index (χ0v) is 21.2. The quantitative estimate of drug-likeness (QED) is 0.219. The Morgan fingerprint density at radius 2 is 1.36 bits per heavy atom. The Kier molecular flexibility index (Phi) is 7.39. The number of aliphatic hydroxyl groups is 6. The average molecular weight is 553 g/mol. The summed E-state index contributed by atoms with van der Waals surface area (Å²) in [5, 5.41) is 73.0. The third-order valence-electron chi connectivity index (χ3n) is 7.65. The number of hydrogen-bond acceptors (Lipinski definition) is 13. The number of benzene rings is 2. The zero-order chi connectivity index (χ0) is 28.1. The number of aliphatic hydroxyl groups excluding tert-OH is 4. The second-order valence-corrected chi connectivity index (χ2v) is 9.89. The normalized spacial score (nSPS) is 37.9. The van der Waals surface area contributed by atoms with Gasteiger partial charge in [-0.15, -0.1) is 0 Å². The molecule has 2 aromatic carbocycles. The Morgan fingerprint density at radius 1 is 0.795 bits per heavy atom. The van der Waals surface area contributed by atoms with E-state index in [-0.39, 0.29) is 36.2 Å². The second-order valence-electron chi connectivity index (χ2n) is 9.89. The molecule has 0 aromatic heterocycles. The summed E-state index contributed by atoms with van der Waals surface area (Å²) < 4.78 is 33.4. The van der Waals surface area contributed by atoms with E-state index in [9.17, 15) is 35.7 Å². The molecule has 0 saturated carbocycles. The third-order valence-corrected chi connectivity index (χ3v) is 7.65. The van der Waals surface area contributed by atoms with Crippen LogP contribution in [-0.4, -0.2) is 112 Å². The van der Waals surface area contributed by atoms with E-state index in [2.05, 4.69) is 0 Å². The van der Waals surface area contributed by atoms with Crippen molar-refractivity contribution in [3.63, 3.8) is 0 Å². The highest BCUT2D eigenvalue weighted by molar-refractivity contribution is 5.47. The van der Waals surface area contributed by atoms with Gasteiger partial charge in [0.2, 0.25) is 6.29 Å². The second kappa shape index (κ2) is 10.4. The molecule has 0 amide bonds. The van der Waals surface area contributed by atoms with Crippen molar-refractivity contribution in [2.45, 2.75) is 54.1 Å². The average Bonchev–Trinajstić information content (AvgIpc) is 3.35. The van der Waals surface area contributed by atoms with Gasteiger partial charge in [-0.25, -0.2) is 0 Å². The van der Waals surface area contributed by atoms with E-state index in [1.165, 1.54) is 38.5 Å². The lowest BCUT2D eigenvalue weighted by Crippen LogP contribution is -2.60. The standard InChI is InChI=1S/C26H32O13/c1-34-16-7-12(3-5-14(16)28)22-25(32)10-37-23(26(25,33)11-36-22)13-4-6-15(17(8-13)35-2)38-24-21(31)20(30)19(29)18(9-27)39-24/h3-8,18-24,27-33H,9-11H2,1-2H3/t18-,19-,20+,21-,22+,23-,24+,25-,26-/m1/s1. The summed E-state index contributed by atoms with van der Waals surface area (Å²) in [6.07, 6.45) is -9.35. The van der Waals surface area contributed by atoms with Crippen LogP contribution < -0.4 is 14.2 Å². The molecule has 3 aliphatic rings. The maximum absolute atomic E-state index is 11.7. The number of rotatable bonds is 7. The van der Waals surface area contributed by atoms with Gasteiger partial charge >= 0.3 is 0 Å². The summed E-state index contributed by atoms with van der Waals surface area (Å²) in [7, 11) is 2.76. The van der Waals surface area contributed by atoms with Crippen molar-refractivity contribution in [3.8, 4) is 23.0 Å². The van der Waals surface area contributed by atoms with Gasteiger partial charge in [-0.05, 0) is 35.4 Å². The van der Waals surface area contributed by atoms with Gasteiger partial charge < -0.3 is 64.2 Å². The van der Waals surface area contributed by atoms with Gasteiger partial charge in [0.1, 0.15) is 36.6 Å². The predicted octanol–water partition coefficient (Wildman–Crippen LogP) is -1.11. The fraction of sp³-hybridized carbons (Fsp3) is 0.538. The van der Waals surface area contributed by atoms with Crippen molar-refractivity contribution in [1.82, 2.24) is 0 Å². The van der Waals surface area contributed by atoms with E-state index in [0.717, 1.165) is 0 Å². The van der Waals surface area contributed by atoms with Crippen LogP contribution in [0.4, 0.5) is 0 Å². The Labute approximate surface area is 223 Å². The first-order valence-corrected chi connectivity index (χ1v) is 12.3. The molecule has 9 atom stereocenters. The van der Waals surface area contributed by atoms with Crippen molar-refractivity contribution in [2.24, 2.45) is 0 Å². The Hall–Kier alpha value is -2.72. The van der Waals surface area contributed by atoms with Crippen LogP contribution in [0.3, 0.4) is 0 Å². The van der Waals surface area contributed by atoms with Crippen LogP contribution in [0.15, 0.2) is 36.4 Å². The first-order chi connectivity index (χ1) is 18.6. The molecule has 39 heavy (non-hydrogen) atoms. The number of phenols is 1. The van der Waals surface area contributed by atoms with Crippen molar-refractivity contribution in [1.29, 1.82) is 0 Å². The molecule has 0 aliphatic carbocycles. The molecule has 3 heterocycles. The molecule has 5 rings (SSSR count). The zero-order valence-electron chi connectivity index (χ0n) is 21.2. The number of methoxy groups -OCH3 is 2. The van der Waals surface area contributed by atoms with Crippen LogP contribution in [0.25, 0.3) is 0 Å². The van der Waals surface area contributed by atoms with Crippen LogP contribution in [0.1, 0.15) is 23.3 Å². The van der Waals surface area contributed by atoms with Crippen LogP contribution in [0, 0.1) is 0 Å². The van der Waals surface area contributed by atoms with E-state index in [0.29, 0.717) is 11.1 Å². The lowest BCUT2D eigenvalue weighted by atomic mass is 9.77. The highest BCUT2D eigenvalue weighted by Crippen LogP contribution is 2.56. The molecule has 13 nitrogen and oxygen atoms in total. The van der Waals surface area contributed by atoms with Crippen LogP contribution in [0.5, 0.6) is 23.0 Å². The van der Waals surface area contributed by atoms with Crippen LogP contribution in [0.2, 0.25) is 0 Å². The number of hydrogen-bond donors (Lipinski definition) is 7. The maximum atomic E-state index is 11.7. The maximum Gasteiger partial charge on any atom is 0.229 e. The molecule has 2 aromatic rings. The smallest absolute Gasteiger partial charge is 0.229 e. The molecule has 0 unspecified atom stereocenters. The molecule has 7 N–H and O–H groups in total. The Balaban J connectivity index is 1.39. The minimum atomic E-state index is -1.85. The molecule has 0 spiro atoms. The number of fused-ring (bicyclic) bond motifs is 1. The topological polar surface area (TPSA) is 197 Å². The summed E-state index contributed by atoms with van der Waals surface area (Å²) in [5.41, 5.74) is -2.78. The number of ether oxygens (including phenoxy) is 6. The van der Waals surface area contributed by atoms with Gasteiger partial charge in [0.25, 0.3) is 0 Å². The molecular weight excluding hydrogens is 520 g/mol. The largest absolute Gasteiger partial charge is 0.504 e. The van der Waals surface area contributed by atoms with E-state index in [1.54, 1.807) is 12.1 Å². The lowest BCUT2D eigenvalue weighted by Gasteiger charge is -2.39. The van der Waals surface area contributed by atoms with Gasteiger partial charge in [0.05, 0.1) is 34.0 Å². The third kappa shape index (κ3) is 4.40. The highest BCUT2D eigenvalue weighted by Gasteiger charge is 2.69. The highest BCUT2D eigenvalue weighted by atomic mass is 16.7. The van der Waals surface area contributed by atoms with Gasteiger partial charge in [-0.1, -0.05) is 12.1 Å². The van der Waals surface area contributed by atoms with Gasteiger partial charge in [-0.3, -0.25) is 0 Å². The number of aromatic hydroxyl groups is 1. The minimum Gasteiger partial charge on any atom is -0.504 e. The summed E-state index contributed by atoms with van der Waals surface area (Å²) in [5.74, 6) is 0.360. The fourth-order valence-corrected chi connectivity index (χ4v) is 5.39. The Bertz CT molecular complexity index is 1190. The van der Waals surface area contributed by atoms with Crippen molar-refractivity contribution < 1.29 is 64.2 Å².